The van der Waals surface area contributed by atoms with Crippen molar-refractivity contribution in [3.8, 4) is 0 Å². The van der Waals surface area contributed by atoms with Crippen LogP contribution < -0.4 is 0 Å². The minimum atomic E-state index is 0.238. The van der Waals surface area contributed by atoms with Gasteiger partial charge >= 0.3 is 0 Å². The molecule has 0 spiro atoms. The van der Waals surface area contributed by atoms with Crippen molar-refractivity contribution in [3.63, 3.8) is 0 Å². The monoisotopic (exact) mass is 238 g/mol. The van der Waals surface area contributed by atoms with Crippen molar-refractivity contribution in [2.75, 3.05) is 0 Å². The molecule has 0 rings (SSSR count). The van der Waals surface area contributed by atoms with Crippen molar-refractivity contribution in [1.82, 2.24) is 0 Å². The molecule has 0 radical (unpaired) electrons. The lowest BCUT2D eigenvalue weighted by molar-refractivity contribution is -0.115. The van der Waals surface area contributed by atoms with Gasteiger partial charge in [-0.2, -0.15) is 0 Å². The van der Waals surface area contributed by atoms with Crippen LogP contribution in [0.25, 0.3) is 0 Å². The summed E-state index contributed by atoms with van der Waals surface area (Å²) in [4.78, 5) is 11.3. The fourth-order valence-electron chi connectivity index (χ4n) is 1.90. The molecule has 0 aliphatic heterocycles. The summed E-state index contributed by atoms with van der Waals surface area (Å²) in [6.45, 7) is 10.1. The lowest BCUT2D eigenvalue weighted by Gasteiger charge is -2.07. The molecule has 0 N–H and O–H groups in total. The average molecular weight is 238 g/mol. The first kappa shape index (κ1) is 16.4. The fraction of sp³-hybridized carbons (Fsp3) is 0.812. The molecule has 0 saturated heterocycles. The van der Waals surface area contributed by atoms with Gasteiger partial charge in [-0.25, -0.2) is 0 Å². The van der Waals surface area contributed by atoms with Gasteiger partial charge in [0.05, 0.1) is 0 Å². The van der Waals surface area contributed by atoms with E-state index in [1.165, 1.54) is 44.9 Å². The highest BCUT2D eigenvalue weighted by molar-refractivity contribution is 5.93. The second-order valence-electron chi connectivity index (χ2n) is 5.38. The lowest BCUT2D eigenvalue weighted by atomic mass is 9.99. The Labute approximate surface area is 108 Å². The Bertz CT molecular complexity index is 218. The van der Waals surface area contributed by atoms with E-state index in [4.69, 9.17) is 0 Å². The topological polar surface area (TPSA) is 17.1 Å². The molecule has 0 heterocycles. The number of Topliss-reactive ketones (excluding diaryl/α,β-unsaturated/α-hetero) is 1. The van der Waals surface area contributed by atoms with Gasteiger partial charge in [-0.05, 0) is 24.8 Å². The van der Waals surface area contributed by atoms with Crippen LogP contribution in [0.5, 0.6) is 0 Å². The van der Waals surface area contributed by atoms with Gasteiger partial charge in [0.25, 0.3) is 0 Å². The Kier molecular flexibility index (Phi) is 10.2. The van der Waals surface area contributed by atoms with E-state index in [0.717, 1.165) is 12.3 Å². The maximum Gasteiger partial charge on any atom is 0.157 e. The summed E-state index contributed by atoms with van der Waals surface area (Å²) in [7, 11) is 0. The molecule has 0 aliphatic carbocycles. The fourth-order valence-corrected chi connectivity index (χ4v) is 1.90. The molecule has 1 nitrogen and oxygen atoms in total. The molecule has 0 fully saturated rings. The first-order chi connectivity index (χ1) is 8.07. The van der Waals surface area contributed by atoms with Crippen LogP contribution in [-0.2, 0) is 4.79 Å². The molecular formula is C16H30O. The number of ketones is 1. The largest absolute Gasteiger partial charge is 0.295 e. The van der Waals surface area contributed by atoms with Crippen molar-refractivity contribution in [1.29, 1.82) is 0 Å². The van der Waals surface area contributed by atoms with Crippen molar-refractivity contribution in [2.45, 2.75) is 78.6 Å². The smallest absolute Gasteiger partial charge is 0.157 e. The van der Waals surface area contributed by atoms with Crippen LogP contribution in [0, 0.1) is 5.92 Å². The van der Waals surface area contributed by atoms with Gasteiger partial charge in [-0.3, -0.25) is 4.79 Å². The number of unbranched alkanes of at least 4 members (excludes halogenated alkanes) is 5. The standard InChI is InChI=1S/C16H30O/c1-5-15(4)12-10-8-6-7-9-11-13-16(17)14(2)3/h15H,2,5-13H2,1,3-4H3. The Morgan fingerprint density at radius 1 is 1.06 bits per heavy atom. The molecule has 1 atom stereocenters. The summed E-state index contributed by atoms with van der Waals surface area (Å²) in [6, 6.07) is 0. The van der Waals surface area contributed by atoms with E-state index in [0.29, 0.717) is 12.0 Å². The maximum absolute atomic E-state index is 11.3. The van der Waals surface area contributed by atoms with Crippen molar-refractivity contribution < 1.29 is 4.79 Å². The quantitative estimate of drug-likeness (QED) is 0.353. The molecule has 0 aromatic heterocycles. The molecule has 100 valence electrons. The number of carbonyl (C=O) groups excluding carboxylic acids is 1. The summed E-state index contributed by atoms with van der Waals surface area (Å²) < 4.78 is 0. The average Bonchev–Trinajstić information content (AvgIpc) is 2.31. The van der Waals surface area contributed by atoms with Gasteiger partial charge in [0.2, 0.25) is 0 Å². The summed E-state index contributed by atoms with van der Waals surface area (Å²) in [5, 5.41) is 0. The molecule has 0 saturated carbocycles. The number of hydrogen-bond acceptors (Lipinski definition) is 1. The Hall–Kier alpha value is -0.590. The third-order valence-corrected chi connectivity index (χ3v) is 3.52. The van der Waals surface area contributed by atoms with E-state index in [9.17, 15) is 4.79 Å². The zero-order chi connectivity index (χ0) is 13.1. The van der Waals surface area contributed by atoms with E-state index in [1.807, 2.05) is 0 Å². The molecule has 0 bridgehead atoms. The predicted molar refractivity (Wildman–Crippen MR) is 76.2 cm³/mol. The van der Waals surface area contributed by atoms with Crippen molar-refractivity contribution in [2.24, 2.45) is 5.92 Å². The van der Waals surface area contributed by atoms with E-state index in [-0.39, 0.29) is 5.78 Å². The second-order valence-corrected chi connectivity index (χ2v) is 5.38. The number of allylic oxidation sites excluding steroid dienone is 1. The SMILES string of the molecule is C=C(C)C(=O)CCCCCCCCC(C)CC. The zero-order valence-corrected chi connectivity index (χ0v) is 12.1. The zero-order valence-electron chi connectivity index (χ0n) is 12.1. The molecular weight excluding hydrogens is 208 g/mol. The van der Waals surface area contributed by atoms with E-state index < -0.39 is 0 Å². The van der Waals surface area contributed by atoms with Crippen LogP contribution in [0.1, 0.15) is 78.6 Å². The molecule has 0 aliphatic rings. The molecule has 17 heavy (non-hydrogen) atoms. The van der Waals surface area contributed by atoms with Gasteiger partial charge in [0.1, 0.15) is 0 Å². The molecule has 0 aromatic carbocycles. The van der Waals surface area contributed by atoms with Crippen LogP contribution >= 0.6 is 0 Å². The van der Waals surface area contributed by atoms with Crippen LogP contribution in [0.15, 0.2) is 12.2 Å². The first-order valence-electron chi connectivity index (χ1n) is 7.26. The number of rotatable bonds is 11. The number of carbonyl (C=O) groups is 1. The van der Waals surface area contributed by atoms with E-state index >= 15 is 0 Å². The van der Waals surface area contributed by atoms with Crippen LogP contribution in [-0.4, -0.2) is 5.78 Å². The maximum atomic E-state index is 11.3. The predicted octanol–water partition coefficient (Wildman–Crippen LogP) is 5.30. The highest BCUT2D eigenvalue weighted by Crippen LogP contribution is 2.14. The third-order valence-electron chi connectivity index (χ3n) is 3.52. The molecule has 0 aromatic rings. The van der Waals surface area contributed by atoms with Crippen LogP contribution in [0.3, 0.4) is 0 Å². The van der Waals surface area contributed by atoms with Crippen LogP contribution in [0.2, 0.25) is 0 Å². The minimum absolute atomic E-state index is 0.238. The van der Waals surface area contributed by atoms with Crippen LogP contribution in [0.4, 0.5) is 0 Å². The molecule has 1 heteroatoms. The second kappa shape index (κ2) is 10.6. The van der Waals surface area contributed by atoms with Gasteiger partial charge in [0, 0.05) is 6.42 Å². The first-order valence-corrected chi connectivity index (χ1v) is 7.26. The van der Waals surface area contributed by atoms with E-state index in [1.54, 1.807) is 6.92 Å². The normalized spacial score (nSPS) is 12.4. The van der Waals surface area contributed by atoms with Gasteiger partial charge in [-0.15, -0.1) is 0 Å². The van der Waals surface area contributed by atoms with E-state index in [2.05, 4.69) is 20.4 Å². The summed E-state index contributed by atoms with van der Waals surface area (Å²) >= 11 is 0. The van der Waals surface area contributed by atoms with Crippen molar-refractivity contribution in [3.05, 3.63) is 12.2 Å². The molecule has 0 amide bonds. The Balaban J connectivity index is 3.19. The Morgan fingerprint density at radius 2 is 1.59 bits per heavy atom. The van der Waals surface area contributed by atoms with Gasteiger partial charge < -0.3 is 0 Å². The lowest BCUT2D eigenvalue weighted by Crippen LogP contribution is -1.97. The Morgan fingerprint density at radius 3 is 2.12 bits per heavy atom. The van der Waals surface area contributed by atoms with Gasteiger partial charge in [0.15, 0.2) is 5.78 Å². The highest BCUT2D eigenvalue weighted by Gasteiger charge is 2.01. The molecule has 1 unspecified atom stereocenters. The third kappa shape index (κ3) is 10.3. The highest BCUT2D eigenvalue weighted by atomic mass is 16.1. The van der Waals surface area contributed by atoms with Gasteiger partial charge in [-0.1, -0.05) is 65.4 Å². The van der Waals surface area contributed by atoms with Crippen molar-refractivity contribution >= 4 is 5.78 Å². The minimum Gasteiger partial charge on any atom is -0.295 e. The summed E-state index contributed by atoms with van der Waals surface area (Å²) in [5.74, 6) is 1.13. The number of hydrogen-bond donors (Lipinski definition) is 0. The summed E-state index contributed by atoms with van der Waals surface area (Å²) in [6.07, 6.45) is 11.0. The summed E-state index contributed by atoms with van der Waals surface area (Å²) in [5.41, 5.74) is 0.707.